The van der Waals surface area contributed by atoms with Crippen LogP contribution in [0, 0.1) is 0 Å². The molecule has 1 unspecified atom stereocenters. The van der Waals surface area contributed by atoms with Gasteiger partial charge in [0.1, 0.15) is 0 Å². The summed E-state index contributed by atoms with van der Waals surface area (Å²) in [6.07, 6.45) is 5.42. The van der Waals surface area contributed by atoms with Crippen LogP contribution in [0.2, 0.25) is 5.02 Å². The maximum Gasteiger partial charge on any atom is 0.159 e. The molecule has 0 radical (unpaired) electrons. The SMILES string of the molecule is CCC(N)Cc1cnc(-c2ccc(Cl)c(Br)c2)nc1. The number of nitrogens with two attached hydrogens (primary N) is 1. The number of aromatic nitrogens is 2. The number of rotatable bonds is 4. The van der Waals surface area contributed by atoms with Crippen molar-refractivity contribution in [3.63, 3.8) is 0 Å². The molecule has 19 heavy (non-hydrogen) atoms. The molecular weight excluding hydrogens is 326 g/mol. The molecule has 0 saturated heterocycles. The van der Waals surface area contributed by atoms with Crippen LogP contribution in [0.3, 0.4) is 0 Å². The van der Waals surface area contributed by atoms with E-state index in [0.717, 1.165) is 28.4 Å². The van der Waals surface area contributed by atoms with E-state index in [2.05, 4.69) is 32.8 Å². The lowest BCUT2D eigenvalue weighted by molar-refractivity contribution is 0.643. The van der Waals surface area contributed by atoms with Gasteiger partial charge in [-0.2, -0.15) is 0 Å². The van der Waals surface area contributed by atoms with E-state index in [0.29, 0.717) is 10.8 Å². The smallest absolute Gasteiger partial charge is 0.159 e. The monoisotopic (exact) mass is 339 g/mol. The Morgan fingerprint density at radius 1 is 1.32 bits per heavy atom. The summed E-state index contributed by atoms with van der Waals surface area (Å²) in [4.78, 5) is 8.75. The van der Waals surface area contributed by atoms with Gasteiger partial charge < -0.3 is 5.73 Å². The first-order chi connectivity index (χ1) is 9.10. The highest BCUT2D eigenvalue weighted by molar-refractivity contribution is 9.10. The Hall–Kier alpha value is -0.970. The summed E-state index contributed by atoms with van der Waals surface area (Å²) >= 11 is 9.36. The zero-order valence-corrected chi connectivity index (χ0v) is 12.9. The summed E-state index contributed by atoms with van der Waals surface area (Å²) in [6.45, 7) is 2.07. The van der Waals surface area contributed by atoms with Gasteiger partial charge in [0.05, 0.1) is 5.02 Å². The fourth-order valence-corrected chi connectivity index (χ4v) is 2.19. The molecule has 100 valence electrons. The molecule has 0 amide bonds. The van der Waals surface area contributed by atoms with Gasteiger partial charge in [0, 0.05) is 28.5 Å². The number of hydrogen-bond acceptors (Lipinski definition) is 3. The van der Waals surface area contributed by atoms with E-state index < -0.39 is 0 Å². The van der Waals surface area contributed by atoms with Crippen LogP contribution in [0.4, 0.5) is 0 Å². The van der Waals surface area contributed by atoms with Gasteiger partial charge >= 0.3 is 0 Å². The third kappa shape index (κ3) is 3.75. The van der Waals surface area contributed by atoms with E-state index in [4.69, 9.17) is 17.3 Å². The van der Waals surface area contributed by atoms with Crippen molar-refractivity contribution in [3.8, 4) is 11.4 Å². The van der Waals surface area contributed by atoms with E-state index in [9.17, 15) is 0 Å². The topological polar surface area (TPSA) is 51.8 Å². The van der Waals surface area contributed by atoms with Gasteiger partial charge in [-0.3, -0.25) is 0 Å². The predicted molar refractivity (Wildman–Crippen MR) is 82.1 cm³/mol. The molecule has 0 aliphatic heterocycles. The Kier molecular flexibility index (Phi) is 4.91. The second kappa shape index (κ2) is 6.46. The predicted octanol–water partition coefficient (Wildman–Crippen LogP) is 3.84. The van der Waals surface area contributed by atoms with Gasteiger partial charge in [-0.05, 0) is 52.5 Å². The Labute approximate surface area is 126 Å². The molecule has 0 aliphatic carbocycles. The Balaban J connectivity index is 2.20. The van der Waals surface area contributed by atoms with Crippen molar-refractivity contribution < 1.29 is 0 Å². The van der Waals surface area contributed by atoms with Crippen LogP contribution in [0.1, 0.15) is 18.9 Å². The molecule has 3 nitrogen and oxygen atoms in total. The molecule has 0 aliphatic rings. The van der Waals surface area contributed by atoms with Crippen molar-refractivity contribution >= 4 is 27.5 Å². The van der Waals surface area contributed by atoms with Crippen molar-refractivity contribution in [1.29, 1.82) is 0 Å². The largest absolute Gasteiger partial charge is 0.327 e. The molecule has 0 fully saturated rings. The maximum absolute atomic E-state index is 5.96. The second-order valence-electron chi connectivity index (χ2n) is 4.42. The fourth-order valence-electron chi connectivity index (χ4n) is 1.69. The average Bonchev–Trinajstić information content (AvgIpc) is 2.42. The third-order valence-electron chi connectivity index (χ3n) is 2.91. The molecule has 5 heteroatoms. The van der Waals surface area contributed by atoms with Crippen LogP contribution in [-0.2, 0) is 6.42 Å². The lowest BCUT2D eigenvalue weighted by atomic mass is 10.1. The normalized spacial score (nSPS) is 12.4. The average molecular weight is 341 g/mol. The highest BCUT2D eigenvalue weighted by Crippen LogP contribution is 2.27. The van der Waals surface area contributed by atoms with Crippen molar-refractivity contribution in [1.82, 2.24) is 9.97 Å². The van der Waals surface area contributed by atoms with Crippen LogP contribution in [0.25, 0.3) is 11.4 Å². The number of benzene rings is 1. The summed E-state index contributed by atoms with van der Waals surface area (Å²) < 4.78 is 0.840. The summed E-state index contributed by atoms with van der Waals surface area (Å²) in [7, 11) is 0. The quantitative estimate of drug-likeness (QED) is 0.920. The Bertz CT molecular complexity index is 557. The maximum atomic E-state index is 5.96. The van der Waals surface area contributed by atoms with E-state index in [-0.39, 0.29) is 6.04 Å². The van der Waals surface area contributed by atoms with Crippen molar-refractivity contribution in [2.75, 3.05) is 0 Å². The zero-order valence-electron chi connectivity index (χ0n) is 10.6. The molecular formula is C14H15BrClN3. The van der Waals surface area contributed by atoms with Gasteiger partial charge in [-0.25, -0.2) is 9.97 Å². The van der Waals surface area contributed by atoms with E-state index in [1.807, 2.05) is 30.6 Å². The number of halogens is 2. The summed E-state index contributed by atoms with van der Waals surface area (Å²) in [5.74, 6) is 0.686. The molecule has 2 rings (SSSR count). The van der Waals surface area contributed by atoms with Crippen LogP contribution < -0.4 is 5.73 Å². The van der Waals surface area contributed by atoms with Crippen LogP contribution >= 0.6 is 27.5 Å². The molecule has 1 atom stereocenters. The molecule has 0 bridgehead atoms. The summed E-state index contributed by atoms with van der Waals surface area (Å²) in [5, 5.41) is 0.675. The first kappa shape index (κ1) is 14.4. The zero-order chi connectivity index (χ0) is 13.8. The van der Waals surface area contributed by atoms with Gasteiger partial charge in [-0.15, -0.1) is 0 Å². The second-order valence-corrected chi connectivity index (χ2v) is 5.68. The van der Waals surface area contributed by atoms with Gasteiger partial charge in [0.25, 0.3) is 0 Å². The van der Waals surface area contributed by atoms with E-state index in [1.54, 1.807) is 0 Å². The van der Waals surface area contributed by atoms with E-state index in [1.165, 1.54) is 0 Å². The molecule has 2 aromatic rings. The lowest BCUT2D eigenvalue weighted by Crippen LogP contribution is -2.21. The molecule has 0 spiro atoms. The molecule has 1 aromatic heterocycles. The Morgan fingerprint density at radius 2 is 2.00 bits per heavy atom. The fraction of sp³-hybridized carbons (Fsp3) is 0.286. The number of nitrogens with zero attached hydrogens (tertiary/aromatic N) is 2. The van der Waals surface area contributed by atoms with Crippen molar-refractivity contribution in [3.05, 3.63) is 45.7 Å². The van der Waals surface area contributed by atoms with Crippen LogP contribution in [0.15, 0.2) is 35.1 Å². The third-order valence-corrected chi connectivity index (χ3v) is 4.12. The standard InChI is InChI=1S/C14H15BrClN3/c1-2-11(17)5-9-7-18-14(19-8-9)10-3-4-13(16)12(15)6-10/h3-4,6-8,11H,2,5,17H2,1H3. The van der Waals surface area contributed by atoms with Crippen LogP contribution in [0.5, 0.6) is 0 Å². The van der Waals surface area contributed by atoms with Crippen LogP contribution in [-0.4, -0.2) is 16.0 Å². The van der Waals surface area contributed by atoms with Gasteiger partial charge in [0.15, 0.2) is 5.82 Å². The minimum Gasteiger partial charge on any atom is -0.327 e. The first-order valence-electron chi connectivity index (χ1n) is 6.12. The van der Waals surface area contributed by atoms with Crippen molar-refractivity contribution in [2.24, 2.45) is 5.73 Å². The number of hydrogen-bond donors (Lipinski definition) is 1. The molecule has 2 N–H and O–H groups in total. The molecule has 1 aromatic carbocycles. The highest BCUT2D eigenvalue weighted by Gasteiger charge is 2.06. The van der Waals surface area contributed by atoms with Gasteiger partial charge in [-0.1, -0.05) is 18.5 Å². The minimum atomic E-state index is 0.166. The molecule has 0 saturated carbocycles. The van der Waals surface area contributed by atoms with E-state index >= 15 is 0 Å². The highest BCUT2D eigenvalue weighted by atomic mass is 79.9. The summed E-state index contributed by atoms with van der Waals surface area (Å²) in [5.41, 5.74) is 7.91. The van der Waals surface area contributed by atoms with Gasteiger partial charge in [0.2, 0.25) is 0 Å². The Morgan fingerprint density at radius 3 is 2.58 bits per heavy atom. The first-order valence-corrected chi connectivity index (χ1v) is 7.29. The molecule has 1 heterocycles. The minimum absolute atomic E-state index is 0.166. The lowest BCUT2D eigenvalue weighted by Gasteiger charge is -2.08. The summed E-state index contributed by atoms with van der Waals surface area (Å²) in [6, 6.07) is 5.80. The van der Waals surface area contributed by atoms with Crippen molar-refractivity contribution in [2.45, 2.75) is 25.8 Å².